The van der Waals surface area contributed by atoms with E-state index in [2.05, 4.69) is 4.90 Å². The van der Waals surface area contributed by atoms with Crippen LogP contribution in [0.3, 0.4) is 0 Å². The number of carbonyl (C=O) groups is 1. The molecule has 3 rings (SSSR count). The molecule has 11 nitrogen and oxygen atoms in total. The second kappa shape index (κ2) is 16.3. The molecule has 0 atom stereocenters. The van der Waals surface area contributed by atoms with Gasteiger partial charge in [0.15, 0.2) is 0 Å². The zero-order valence-electron chi connectivity index (χ0n) is 20.7. The van der Waals surface area contributed by atoms with Crippen LogP contribution in [0.1, 0.15) is 10.4 Å². The summed E-state index contributed by atoms with van der Waals surface area (Å²) in [4.78, 5) is 26.9. The van der Waals surface area contributed by atoms with Crippen molar-refractivity contribution in [3.63, 3.8) is 0 Å². The molecule has 0 bridgehead atoms. The van der Waals surface area contributed by atoms with Crippen molar-refractivity contribution in [2.45, 2.75) is 0 Å². The van der Waals surface area contributed by atoms with E-state index < -0.39 is 11.6 Å². The monoisotopic (exact) mass is 509 g/mol. The lowest BCUT2D eigenvalue weighted by atomic mass is 10.2. The molecule has 11 heteroatoms. The van der Waals surface area contributed by atoms with Gasteiger partial charge in [-0.2, -0.15) is 0 Å². The Morgan fingerprint density at radius 3 is 1.94 bits per heavy atom. The van der Waals surface area contributed by atoms with Gasteiger partial charge in [0.2, 0.25) is 0 Å². The molecule has 1 aromatic heterocycles. The third kappa shape index (κ3) is 9.84. The molecule has 0 radical (unpaired) electrons. The number of carbonyl (C=O) groups excluding carboxylic acids is 1. The quantitative estimate of drug-likeness (QED) is 0.430. The molecule has 0 spiro atoms. The summed E-state index contributed by atoms with van der Waals surface area (Å²) in [7, 11) is 1.52. The summed E-state index contributed by atoms with van der Waals surface area (Å²) in [6.07, 6.45) is 0. The Labute approximate surface area is 210 Å². The molecule has 0 aliphatic carbocycles. The van der Waals surface area contributed by atoms with E-state index in [4.69, 9.17) is 37.6 Å². The van der Waals surface area contributed by atoms with Gasteiger partial charge in [-0.3, -0.25) is 4.90 Å². The van der Waals surface area contributed by atoms with Gasteiger partial charge in [0.1, 0.15) is 23.5 Å². The van der Waals surface area contributed by atoms with Gasteiger partial charge >= 0.3 is 11.6 Å². The molecule has 1 aliphatic heterocycles. The maximum absolute atomic E-state index is 12.6. The number of benzene rings is 1. The number of hydrogen-bond acceptors (Lipinski definition) is 11. The molecule has 2 aromatic rings. The van der Waals surface area contributed by atoms with Crippen molar-refractivity contribution in [1.29, 1.82) is 0 Å². The van der Waals surface area contributed by atoms with Gasteiger partial charge in [-0.05, 0) is 18.2 Å². The van der Waals surface area contributed by atoms with E-state index in [1.54, 1.807) is 18.2 Å². The second-order valence-electron chi connectivity index (χ2n) is 7.89. The average molecular weight is 510 g/mol. The van der Waals surface area contributed by atoms with E-state index >= 15 is 0 Å². The molecular formula is C25H35NO10. The molecule has 36 heavy (non-hydrogen) atoms. The van der Waals surface area contributed by atoms with Crippen molar-refractivity contribution >= 4 is 16.9 Å². The third-order valence-corrected chi connectivity index (χ3v) is 5.40. The Morgan fingerprint density at radius 2 is 1.39 bits per heavy atom. The van der Waals surface area contributed by atoms with Crippen molar-refractivity contribution in [3.8, 4) is 5.75 Å². The first-order chi connectivity index (χ1) is 17.7. The zero-order chi connectivity index (χ0) is 25.4. The number of hydrogen-bond donors (Lipinski definition) is 0. The molecule has 1 saturated heterocycles. The Bertz CT molecular complexity index is 961. The van der Waals surface area contributed by atoms with Crippen molar-refractivity contribution in [2.24, 2.45) is 0 Å². The van der Waals surface area contributed by atoms with E-state index in [1.165, 1.54) is 13.2 Å². The van der Waals surface area contributed by atoms with E-state index in [1.807, 2.05) is 0 Å². The lowest BCUT2D eigenvalue weighted by Crippen LogP contribution is -2.35. The highest BCUT2D eigenvalue weighted by Crippen LogP contribution is 2.20. The number of ether oxygens (including phenoxy) is 7. The molecule has 2 heterocycles. The first-order valence-electron chi connectivity index (χ1n) is 12.1. The molecule has 0 saturated carbocycles. The first-order valence-corrected chi connectivity index (χ1v) is 12.1. The highest BCUT2D eigenvalue weighted by atomic mass is 16.6. The van der Waals surface area contributed by atoms with Crippen LogP contribution in [-0.4, -0.2) is 110 Å². The van der Waals surface area contributed by atoms with Gasteiger partial charge in [0.25, 0.3) is 0 Å². The van der Waals surface area contributed by atoms with Gasteiger partial charge < -0.3 is 37.6 Å². The van der Waals surface area contributed by atoms with Crippen molar-refractivity contribution in [1.82, 2.24) is 4.90 Å². The molecular weight excluding hydrogens is 474 g/mol. The molecule has 0 N–H and O–H groups in total. The van der Waals surface area contributed by atoms with E-state index in [0.717, 1.165) is 0 Å². The number of nitrogens with zero attached hydrogens (tertiary/aromatic N) is 1. The van der Waals surface area contributed by atoms with Crippen LogP contribution < -0.4 is 10.4 Å². The molecule has 0 amide bonds. The maximum atomic E-state index is 12.6. The van der Waals surface area contributed by atoms with E-state index in [0.29, 0.717) is 102 Å². The largest absolute Gasteiger partial charge is 0.497 e. The van der Waals surface area contributed by atoms with Crippen LogP contribution in [0.2, 0.25) is 0 Å². The Kier molecular flexibility index (Phi) is 12.7. The summed E-state index contributed by atoms with van der Waals surface area (Å²) < 4.78 is 43.4. The topological polar surface area (TPSA) is 115 Å². The van der Waals surface area contributed by atoms with Crippen molar-refractivity contribution < 1.29 is 42.4 Å². The molecule has 1 aromatic carbocycles. The predicted octanol–water partition coefficient (Wildman–Crippen LogP) is 1.36. The van der Waals surface area contributed by atoms with Gasteiger partial charge in [-0.15, -0.1) is 0 Å². The highest BCUT2D eigenvalue weighted by Gasteiger charge is 2.16. The van der Waals surface area contributed by atoms with Crippen LogP contribution >= 0.6 is 0 Å². The SMILES string of the molecule is COc1ccc2cc(C(=O)OCCN3CCOCCOCCOCCOCCOCC3)c(=O)oc2c1. The summed E-state index contributed by atoms with van der Waals surface area (Å²) in [5, 5.41) is 0.602. The van der Waals surface area contributed by atoms with Gasteiger partial charge in [0, 0.05) is 31.1 Å². The predicted molar refractivity (Wildman–Crippen MR) is 130 cm³/mol. The minimum Gasteiger partial charge on any atom is -0.497 e. The van der Waals surface area contributed by atoms with Crippen LogP contribution in [0.5, 0.6) is 5.75 Å². The fraction of sp³-hybridized carbons (Fsp3) is 0.600. The Balaban J connectivity index is 1.48. The number of fused-ring (bicyclic) bond motifs is 1. The molecule has 1 fully saturated rings. The summed E-state index contributed by atoms with van der Waals surface area (Å²) in [5.41, 5.74) is -0.567. The van der Waals surface area contributed by atoms with Crippen LogP contribution in [0.25, 0.3) is 11.0 Å². The Morgan fingerprint density at radius 1 is 0.833 bits per heavy atom. The number of esters is 1. The van der Waals surface area contributed by atoms with Crippen LogP contribution in [0.15, 0.2) is 33.5 Å². The standard InChI is InChI=1S/C25H35NO10/c1-29-21-3-2-20-18-22(25(28)36-23(20)19-21)24(27)35-9-6-26-4-7-30-10-12-32-14-16-34-17-15-33-13-11-31-8-5-26/h2-3,18-19H,4-17H2,1H3. The smallest absolute Gasteiger partial charge is 0.351 e. The van der Waals surface area contributed by atoms with Gasteiger partial charge in [-0.25, -0.2) is 9.59 Å². The number of rotatable bonds is 5. The third-order valence-electron chi connectivity index (χ3n) is 5.40. The Hall–Kier alpha value is -2.54. The molecule has 0 unspecified atom stereocenters. The van der Waals surface area contributed by atoms with Crippen molar-refractivity contribution in [2.75, 3.05) is 99.4 Å². The summed E-state index contributed by atoms with van der Waals surface area (Å²) in [6, 6.07) is 6.50. The summed E-state index contributed by atoms with van der Waals surface area (Å²) in [6.45, 7) is 6.78. The van der Waals surface area contributed by atoms with Crippen LogP contribution in [0, 0.1) is 0 Å². The summed E-state index contributed by atoms with van der Waals surface area (Å²) in [5.74, 6) is -0.175. The van der Waals surface area contributed by atoms with Gasteiger partial charge in [0.05, 0.1) is 73.2 Å². The fourth-order valence-electron chi connectivity index (χ4n) is 3.41. The number of methoxy groups -OCH3 is 1. The summed E-state index contributed by atoms with van der Waals surface area (Å²) >= 11 is 0. The van der Waals surface area contributed by atoms with E-state index in [9.17, 15) is 9.59 Å². The average Bonchev–Trinajstić information content (AvgIpc) is 2.88. The lowest BCUT2D eigenvalue weighted by molar-refractivity contribution is -0.0196. The normalized spacial score (nSPS) is 18.2. The fourth-order valence-corrected chi connectivity index (χ4v) is 3.41. The highest BCUT2D eigenvalue weighted by molar-refractivity contribution is 5.93. The van der Waals surface area contributed by atoms with Crippen molar-refractivity contribution in [3.05, 3.63) is 40.2 Å². The molecule has 1 aliphatic rings. The second-order valence-corrected chi connectivity index (χ2v) is 7.89. The lowest BCUT2D eigenvalue weighted by Gasteiger charge is -2.22. The zero-order valence-corrected chi connectivity index (χ0v) is 20.7. The van der Waals surface area contributed by atoms with E-state index in [-0.39, 0.29) is 12.2 Å². The van der Waals surface area contributed by atoms with Crippen LogP contribution in [-0.2, 0) is 28.4 Å². The maximum Gasteiger partial charge on any atom is 0.351 e. The van der Waals surface area contributed by atoms with Crippen LogP contribution in [0.4, 0.5) is 0 Å². The minimum absolute atomic E-state index is 0.102. The molecule has 200 valence electrons. The van der Waals surface area contributed by atoms with Gasteiger partial charge in [-0.1, -0.05) is 0 Å². The minimum atomic E-state index is -0.755. The first kappa shape index (κ1) is 28.0.